The molecule has 0 amide bonds. The molecule has 1 saturated heterocycles. The third-order valence-corrected chi connectivity index (χ3v) is 3.17. The van der Waals surface area contributed by atoms with Crippen molar-refractivity contribution in [1.82, 2.24) is 4.98 Å². The average molecular weight is 277 g/mol. The van der Waals surface area contributed by atoms with Gasteiger partial charge in [0.1, 0.15) is 10.8 Å². The summed E-state index contributed by atoms with van der Waals surface area (Å²) in [5, 5.41) is 3.79. The van der Waals surface area contributed by atoms with Gasteiger partial charge in [-0.2, -0.15) is 4.98 Å². The fraction of sp³-hybridized carbons (Fsp3) is 0.545. The zero-order chi connectivity index (χ0) is 12.3. The lowest BCUT2D eigenvalue weighted by atomic mass is 10.1. The van der Waals surface area contributed by atoms with Crippen molar-refractivity contribution >= 4 is 29.0 Å². The summed E-state index contributed by atoms with van der Waals surface area (Å²) in [6.07, 6.45) is 1.02. The normalized spacial score (nSPS) is 19.4. The summed E-state index contributed by atoms with van der Waals surface area (Å²) < 4.78 is 10.9. The summed E-state index contributed by atoms with van der Waals surface area (Å²) in [6.45, 7) is 2.11. The molecule has 4 nitrogen and oxygen atoms in total. The number of hydrogen-bond acceptors (Lipinski definition) is 4. The van der Waals surface area contributed by atoms with Gasteiger partial charge in [0.15, 0.2) is 0 Å². The molecule has 1 N–H and O–H groups in total. The number of nitrogens with zero attached hydrogens (tertiary/aromatic N) is 1. The van der Waals surface area contributed by atoms with E-state index in [9.17, 15) is 0 Å². The van der Waals surface area contributed by atoms with E-state index < -0.39 is 0 Å². The summed E-state index contributed by atoms with van der Waals surface area (Å²) in [5.41, 5.74) is 0. The molecule has 1 aliphatic rings. The predicted octanol–water partition coefficient (Wildman–Crippen LogP) is 2.85. The fourth-order valence-corrected chi connectivity index (χ4v) is 2.15. The van der Waals surface area contributed by atoms with Crippen molar-refractivity contribution in [3.8, 4) is 5.88 Å². The summed E-state index contributed by atoms with van der Waals surface area (Å²) >= 11 is 12.0. The largest absolute Gasteiger partial charge is 0.476 e. The third-order valence-electron chi connectivity index (χ3n) is 2.61. The molecule has 0 aliphatic carbocycles. The van der Waals surface area contributed by atoms with Gasteiger partial charge in [0.05, 0.1) is 18.2 Å². The second-order valence-corrected chi connectivity index (χ2v) is 4.71. The zero-order valence-electron chi connectivity index (χ0n) is 9.50. The first-order valence-corrected chi connectivity index (χ1v) is 6.20. The number of aromatic nitrogens is 1. The molecular formula is C11H14Cl2N2O2. The van der Waals surface area contributed by atoms with Gasteiger partial charge in [-0.1, -0.05) is 23.2 Å². The van der Waals surface area contributed by atoms with Crippen molar-refractivity contribution in [1.29, 1.82) is 0 Å². The Kier molecular flexibility index (Phi) is 4.31. The highest BCUT2D eigenvalue weighted by atomic mass is 35.5. The number of hydrogen-bond donors (Lipinski definition) is 1. The molecule has 2 rings (SSSR count). The van der Waals surface area contributed by atoms with Gasteiger partial charge >= 0.3 is 0 Å². The van der Waals surface area contributed by atoms with Gasteiger partial charge in [-0.3, -0.25) is 0 Å². The molecule has 0 aromatic carbocycles. The maximum atomic E-state index is 6.01. The molecule has 94 valence electrons. The molecule has 0 bridgehead atoms. The Bertz CT molecular complexity index is 395. The van der Waals surface area contributed by atoms with E-state index in [4.69, 9.17) is 32.7 Å². The lowest BCUT2D eigenvalue weighted by molar-refractivity contribution is 0.165. The molecule has 1 aromatic heterocycles. The minimum Gasteiger partial charge on any atom is -0.476 e. The van der Waals surface area contributed by atoms with E-state index in [1.165, 1.54) is 0 Å². The summed E-state index contributed by atoms with van der Waals surface area (Å²) in [6, 6.07) is 1.63. The molecule has 1 atom stereocenters. The quantitative estimate of drug-likeness (QED) is 0.919. The van der Waals surface area contributed by atoms with Crippen molar-refractivity contribution in [2.75, 3.05) is 32.2 Å². The lowest BCUT2D eigenvalue weighted by Crippen LogP contribution is -2.12. The topological polar surface area (TPSA) is 43.4 Å². The number of halogens is 2. The monoisotopic (exact) mass is 276 g/mol. The molecule has 2 heterocycles. The van der Waals surface area contributed by atoms with Crippen LogP contribution in [0.2, 0.25) is 10.0 Å². The van der Waals surface area contributed by atoms with Crippen molar-refractivity contribution in [3.05, 3.63) is 16.1 Å². The van der Waals surface area contributed by atoms with Crippen LogP contribution in [0.4, 0.5) is 5.82 Å². The van der Waals surface area contributed by atoms with Crippen LogP contribution in [0.3, 0.4) is 0 Å². The van der Waals surface area contributed by atoms with Crippen LogP contribution in [0.1, 0.15) is 6.42 Å². The molecule has 1 aliphatic heterocycles. The highest BCUT2D eigenvalue weighted by Gasteiger charge is 2.18. The van der Waals surface area contributed by atoms with Gasteiger partial charge < -0.3 is 14.8 Å². The number of nitrogens with one attached hydrogen (secondary N) is 1. The van der Waals surface area contributed by atoms with Crippen LogP contribution in [-0.4, -0.2) is 31.9 Å². The number of ether oxygens (including phenoxy) is 2. The van der Waals surface area contributed by atoms with Gasteiger partial charge in [-0.25, -0.2) is 0 Å². The smallest absolute Gasteiger partial charge is 0.234 e. The summed E-state index contributed by atoms with van der Waals surface area (Å²) in [7, 11) is 1.75. The van der Waals surface area contributed by atoms with Crippen LogP contribution in [-0.2, 0) is 4.74 Å². The van der Waals surface area contributed by atoms with Crippen molar-refractivity contribution in [3.63, 3.8) is 0 Å². The molecule has 6 heteroatoms. The van der Waals surface area contributed by atoms with Crippen molar-refractivity contribution in [2.24, 2.45) is 5.92 Å². The van der Waals surface area contributed by atoms with Crippen LogP contribution >= 0.6 is 23.2 Å². The summed E-state index contributed by atoms with van der Waals surface area (Å²) in [5.74, 6) is 1.39. The second-order valence-electron chi connectivity index (χ2n) is 3.90. The third kappa shape index (κ3) is 3.15. The Labute approximate surface area is 110 Å². The SMILES string of the molecule is CNc1nc(OCC2CCOC2)c(Cl)cc1Cl. The van der Waals surface area contributed by atoms with Crippen molar-refractivity contribution < 1.29 is 9.47 Å². The Balaban J connectivity index is 2.03. The number of pyridine rings is 1. The van der Waals surface area contributed by atoms with E-state index in [0.29, 0.717) is 34.3 Å². The van der Waals surface area contributed by atoms with Gasteiger partial charge in [0.25, 0.3) is 0 Å². The lowest BCUT2D eigenvalue weighted by Gasteiger charge is -2.12. The van der Waals surface area contributed by atoms with Gasteiger partial charge in [0, 0.05) is 19.6 Å². The Morgan fingerprint density at radius 1 is 1.53 bits per heavy atom. The van der Waals surface area contributed by atoms with E-state index in [1.54, 1.807) is 13.1 Å². The summed E-state index contributed by atoms with van der Waals surface area (Å²) in [4.78, 5) is 4.21. The first-order valence-electron chi connectivity index (χ1n) is 5.45. The minimum absolute atomic E-state index is 0.410. The Hall–Kier alpha value is -0.710. The van der Waals surface area contributed by atoms with Crippen molar-refractivity contribution in [2.45, 2.75) is 6.42 Å². The molecule has 0 saturated carbocycles. The van der Waals surface area contributed by atoms with E-state index in [-0.39, 0.29) is 0 Å². The van der Waals surface area contributed by atoms with Crippen LogP contribution < -0.4 is 10.1 Å². The van der Waals surface area contributed by atoms with Crippen LogP contribution in [0.15, 0.2) is 6.07 Å². The number of anilines is 1. The zero-order valence-corrected chi connectivity index (χ0v) is 11.0. The highest BCUT2D eigenvalue weighted by molar-refractivity contribution is 6.36. The van der Waals surface area contributed by atoms with Gasteiger partial charge in [-0.15, -0.1) is 0 Å². The van der Waals surface area contributed by atoms with Gasteiger partial charge in [0.2, 0.25) is 5.88 Å². The molecule has 1 unspecified atom stereocenters. The Morgan fingerprint density at radius 2 is 2.35 bits per heavy atom. The molecular weight excluding hydrogens is 263 g/mol. The van der Waals surface area contributed by atoms with E-state index in [0.717, 1.165) is 19.6 Å². The van der Waals surface area contributed by atoms with E-state index in [2.05, 4.69) is 10.3 Å². The maximum absolute atomic E-state index is 6.01. The maximum Gasteiger partial charge on any atom is 0.234 e. The van der Waals surface area contributed by atoms with Crippen LogP contribution in [0, 0.1) is 5.92 Å². The first-order chi connectivity index (χ1) is 8.20. The first kappa shape index (κ1) is 12.7. The van der Waals surface area contributed by atoms with Crippen LogP contribution in [0.5, 0.6) is 5.88 Å². The highest BCUT2D eigenvalue weighted by Crippen LogP contribution is 2.30. The molecule has 0 radical (unpaired) electrons. The minimum atomic E-state index is 0.410. The molecule has 1 aromatic rings. The Morgan fingerprint density at radius 3 is 3.00 bits per heavy atom. The van der Waals surface area contributed by atoms with Gasteiger partial charge in [-0.05, 0) is 12.5 Å². The predicted molar refractivity (Wildman–Crippen MR) is 68.2 cm³/mol. The second kappa shape index (κ2) is 5.76. The van der Waals surface area contributed by atoms with E-state index >= 15 is 0 Å². The van der Waals surface area contributed by atoms with E-state index in [1.807, 2.05) is 0 Å². The molecule has 1 fully saturated rings. The van der Waals surface area contributed by atoms with Crippen LogP contribution in [0.25, 0.3) is 0 Å². The number of rotatable bonds is 4. The molecule has 0 spiro atoms. The molecule has 17 heavy (non-hydrogen) atoms. The average Bonchev–Trinajstić information content (AvgIpc) is 2.81. The fourth-order valence-electron chi connectivity index (χ4n) is 1.64. The standard InChI is InChI=1S/C11H14Cl2N2O2/c1-14-10-8(12)4-9(13)11(15-10)17-6-7-2-3-16-5-7/h4,7H,2-3,5-6H2,1H3,(H,14,15).